The van der Waals surface area contributed by atoms with Crippen molar-refractivity contribution >= 4 is 16.7 Å². The first-order valence-electron chi connectivity index (χ1n) is 7.26. The molecule has 0 aromatic heterocycles. The molecule has 1 aliphatic rings. The van der Waals surface area contributed by atoms with Gasteiger partial charge in [-0.2, -0.15) is 0 Å². The first-order valence-corrected chi connectivity index (χ1v) is 7.26. The lowest BCUT2D eigenvalue weighted by atomic mass is 9.97. The molecule has 1 fully saturated rings. The summed E-state index contributed by atoms with van der Waals surface area (Å²) in [5.41, 5.74) is 0. The maximum Gasteiger partial charge on any atom is 0.303 e. The van der Waals surface area contributed by atoms with Gasteiger partial charge in [-0.1, -0.05) is 30.3 Å². The fourth-order valence-electron chi connectivity index (χ4n) is 2.79. The van der Waals surface area contributed by atoms with Gasteiger partial charge in [0.1, 0.15) is 12.4 Å². The zero-order valence-electron chi connectivity index (χ0n) is 11.9. The Kier molecular flexibility index (Phi) is 4.06. The maximum atomic E-state index is 10.6. The van der Waals surface area contributed by atoms with E-state index in [2.05, 4.69) is 29.2 Å². The molecule has 0 amide bonds. The number of likely N-dealkylation sites (tertiary alicyclic amines) is 1. The summed E-state index contributed by atoms with van der Waals surface area (Å²) in [6, 6.07) is 14.3. The van der Waals surface area contributed by atoms with Crippen molar-refractivity contribution in [2.24, 2.45) is 5.92 Å². The van der Waals surface area contributed by atoms with E-state index >= 15 is 0 Å². The third-order valence-electron chi connectivity index (χ3n) is 3.89. The molecular weight excluding hydrogens is 266 g/mol. The van der Waals surface area contributed by atoms with Crippen molar-refractivity contribution in [1.82, 2.24) is 4.90 Å². The van der Waals surface area contributed by atoms with Crippen LogP contribution in [-0.2, 0) is 4.79 Å². The lowest BCUT2D eigenvalue weighted by molar-refractivity contribution is -0.139. The lowest BCUT2D eigenvalue weighted by Gasteiger charge is -2.38. The van der Waals surface area contributed by atoms with Crippen LogP contribution in [0.5, 0.6) is 5.75 Å². The van der Waals surface area contributed by atoms with E-state index in [4.69, 9.17) is 9.84 Å². The minimum Gasteiger partial charge on any atom is -0.492 e. The molecule has 1 heterocycles. The first-order chi connectivity index (χ1) is 10.2. The van der Waals surface area contributed by atoms with Crippen molar-refractivity contribution in [1.29, 1.82) is 0 Å². The van der Waals surface area contributed by atoms with E-state index in [0.717, 1.165) is 25.4 Å². The number of nitrogens with zero attached hydrogens (tertiary/aromatic N) is 1. The number of carboxylic acids is 1. The Morgan fingerprint density at radius 3 is 2.71 bits per heavy atom. The van der Waals surface area contributed by atoms with Gasteiger partial charge < -0.3 is 9.84 Å². The SMILES string of the molecule is O=C(O)CC1CN(CCOc2ccc3ccccc3c2)C1. The summed E-state index contributed by atoms with van der Waals surface area (Å²) >= 11 is 0. The molecule has 3 rings (SSSR count). The van der Waals surface area contributed by atoms with Crippen LogP contribution in [0.4, 0.5) is 0 Å². The number of rotatable bonds is 6. The van der Waals surface area contributed by atoms with Crippen LogP contribution in [-0.4, -0.2) is 42.2 Å². The number of aliphatic carboxylic acids is 1. The van der Waals surface area contributed by atoms with Gasteiger partial charge in [-0.25, -0.2) is 0 Å². The Balaban J connectivity index is 1.44. The van der Waals surface area contributed by atoms with Crippen molar-refractivity contribution in [3.8, 4) is 5.75 Å². The minimum atomic E-state index is -0.702. The summed E-state index contributed by atoms with van der Waals surface area (Å²) in [6.45, 7) is 3.22. The Bertz CT molecular complexity index is 635. The summed E-state index contributed by atoms with van der Waals surface area (Å²) in [5.74, 6) is 0.492. The highest BCUT2D eigenvalue weighted by atomic mass is 16.5. The summed E-state index contributed by atoms with van der Waals surface area (Å²) in [6.07, 6.45) is 0.280. The molecular formula is C17H19NO3. The van der Waals surface area contributed by atoms with E-state index < -0.39 is 5.97 Å². The molecule has 0 unspecified atom stereocenters. The van der Waals surface area contributed by atoms with E-state index in [9.17, 15) is 4.79 Å². The van der Waals surface area contributed by atoms with Gasteiger partial charge in [0, 0.05) is 19.6 Å². The highest BCUT2D eigenvalue weighted by Gasteiger charge is 2.27. The zero-order valence-corrected chi connectivity index (χ0v) is 11.9. The van der Waals surface area contributed by atoms with Crippen LogP contribution in [0.25, 0.3) is 10.8 Å². The van der Waals surface area contributed by atoms with E-state index in [1.807, 2.05) is 18.2 Å². The van der Waals surface area contributed by atoms with E-state index in [0.29, 0.717) is 12.5 Å². The van der Waals surface area contributed by atoms with Crippen molar-refractivity contribution in [2.75, 3.05) is 26.2 Å². The second-order valence-electron chi connectivity index (χ2n) is 5.58. The number of fused-ring (bicyclic) bond motifs is 1. The Morgan fingerprint density at radius 2 is 1.95 bits per heavy atom. The predicted molar refractivity (Wildman–Crippen MR) is 81.6 cm³/mol. The van der Waals surface area contributed by atoms with Gasteiger partial charge in [-0.15, -0.1) is 0 Å². The zero-order chi connectivity index (χ0) is 14.7. The highest BCUT2D eigenvalue weighted by Crippen LogP contribution is 2.21. The summed E-state index contributed by atoms with van der Waals surface area (Å²) < 4.78 is 5.78. The van der Waals surface area contributed by atoms with Crippen LogP contribution >= 0.6 is 0 Å². The first kappa shape index (κ1) is 13.9. The van der Waals surface area contributed by atoms with Gasteiger partial charge in [0.15, 0.2) is 0 Å². The molecule has 0 saturated carbocycles. The number of hydrogen-bond donors (Lipinski definition) is 1. The Labute approximate surface area is 123 Å². The minimum absolute atomic E-state index is 0.280. The van der Waals surface area contributed by atoms with Gasteiger partial charge in [-0.3, -0.25) is 9.69 Å². The van der Waals surface area contributed by atoms with E-state index in [-0.39, 0.29) is 6.42 Å². The molecule has 0 atom stereocenters. The predicted octanol–water partition coefficient (Wildman–Crippen LogP) is 2.63. The fourth-order valence-corrected chi connectivity index (χ4v) is 2.79. The summed E-state index contributed by atoms with van der Waals surface area (Å²) in [5, 5.41) is 11.1. The summed E-state index contributed by atoms with van der Waals surface area (Å²) in [4.78, 5) is 12.8. The second-order valence-corrected chi connectivity index (χ2v) is 5.58. The van der Waals surface area contributed by atoms with Crippen LogP contribution in [0.1, 0.15) is 6.42 Å². The lowest BCUT2D eigenvalue weighted by Crippen LogP contribution is -2.48. The smallest absolute Gasteiger partial charge is 0.303 e. The molecule has 0 radical (unpaired) electrons. The van der Waals surface area contributed by atoms with Crippen LogP contribution < -0.4 is 4.74 Å². The van der Waals surface area contributed by atoms with E-state index in [1.165, 1.54) is 10.8 Å². The van der Waals surface area contributed by atoms with Gasteiger partial charge >= 0.3 is 5.97 Å². The van der Waals surface area contributed by atoms with Gasteiger partial charge in [0.2, 0.25) is 0 Å². The van der Waals surface area contributed by atoms with Crippen LogP contribution in [0.15, 0.2) is 42.5 Å². The number of benzene rings is 2. The van der Waals surface area contributed by atoms with Crippen molar-refractivity contribution in [2.45, 2.75) is 6.42 Å². The van der Waals surface area contributed by atoms with Crippen molar-refractivity contribution < 1.29 is 14.6 Å². The normalized spacial score (nSPS) is 15.8. The Morgan fingerprint density at radius 1 is 1.19 bits per heavy atom. The molecule has 1 N–H and O–H groups in total. The molecule has 0 aliphatic carbocycles. The van der Waals surface area contributed by atoms with Crippen LogP contribution in [0, 0.1) is 5.92 Å². The van der Waals surface area contributed by atoms with Gasteiger partial charge in [0.05, 0.1) is 6.42 Å². The fraction of sp³-hybridized carbons (Fsp3) is 0.353. The molecule has 4 heteroatoms. The molecule has 0 spiro atoms. The van der Waals surface area contributed by atoms with Crippen molar-refractivity contribution in [3.05, 3.63) is 42.5 Å². The van der Waals surface area contributed by atoms with Gasteiger partial charge in [0.25, 0.3) is 0 Å². The Hall–Kier alpha value is -2.07. The molecule has 2 aromatic rings. The quantitative estimate of drug-likeness (QED) is 0.886. The highest BCUT2D eigenvalue weighted by molar-refractivity contribution is 5.83. The van der Waals surface area contributed by atoms with Crippen molar-refractivity contribution in [3.63, 3.8) is 0 Å². The molecule has 1 aliphatic heterocycles. The van der Waals surface area contributed by atoms with Crippen LogP contribution in [0.2, 0.25) is 0 Å². The average molecular weight is 285 g/mol. The molecule has 1 saturated heterocycles. The number of carboxylic acid groups (broad SMARTS) is 1. The molecule has 4 nitrogen and oxygen atoms in total. The third kappa shape index (κ3) is 3.52. The van der Waals surface area contributed by atoms with Crippen LogP contribution in [0.3, 0.4) is 0 Å². The van der Waals surface area contributed by atoms with E-state index in [1.54, 1.807) is 0 Å². The number of ether oxygens (including phenoxy) is 1. The maximum absolute atomic E-state index is 10.6. The molecule has 2 aromatic carbocycles. The summed E-state index contributed by atoms with van der Waals surface area (Å²) in [7, 11) is 0. The molecule has 21 heavy (non-hydrogen) atoms. The number of carbonyl (C=O) groups is 1. The third-order valence-corrected chi connectivity index (χ3v) is 3.89. The topological polar surface area (TPSA) is 49.8 Å². The monoisotopic (exact) mass is 285 g/mol. The largest absolute Gasteiger partial charge is 0.492 e. The average Bonchev–Trinajstić information content (AvgIpc) is 2.44. The standard InChI is InChI=1S/C17H19NO3/c19-17(20)9-13-11-18(12-13)7-8-21-16-6-5-14-3-1-2-4-15(14)10-16/h1-6,10,13H,7-9,11-12H2,(H,19,20). The molecule has 110 valence electrons. The second kappa shape index (κ2) is 6.14. The number of hydrogen-bond acceptors (Lipinski definition) is 3. The molecule has 0 bridgehead atoms. The van der Waals surface area contributed by atoms with Gasteiger partial charge in [-0.05, 0) is 28.8 Å².